The Labute approximate surface area is 183 Å². The van der Waals surface area contributed by atoms with Gasteiger partial charge in [-0.05, 0) is 51.8 Å². The summed E-state index contributed by atoms with van der Waals surface area (Å²) in [6, 6.07) is 11.1. The molecule has 0 atom stereocenters. The highest BCUT2D eigenvalue weighted by Crippen LogP contribution is 2.26. The van der Waals surface area contributed by atoms with Crippen molar-refractivity contribution in [3.05, 3.63) is 64.0 Å². The van der Waals surface area contributed by atoms with Gasteiger partial charge >= 0.3 is 0 Å². The van der Waals surface area contributed by atoms with Crippen molar-refractivity contribution in [1.82, 2.24) is 19.6 Å². The lowest BCUT2D eigenvalue weighted by Gasteiger charge is -2.34. The number of hydrogen-bond donors (Lipinski definition) is 1. The highest BCUT2D eigenvalue weighted by molar-refractivity contribution is 5.93. The van der Waals surface area contributed by atoms with Gasteiger partial charge in [-0.1, -0.05) is 23.8 Å². The van der Waals surface area contributed by atoms with Crippen molar-refractivity contribution in [3.8, 4) is 0 Å². The molecule has 0 radical (unpaired) electrons. The largest absolute Gasteiger partial charge is 0.345 e. The van der Waals surface area contributed by atoms with E-state index in [1.54, 1.807) is 4.90 Å². The molecular weight excluding hydrogens is 384 g/mol. The maximum atomic E-state index is 4.85. The number of rotatable bonds is 3. The molecule has 3 aromatic heterocycles. The molecule has 31 heavy (non-hydrogen) atoms. The Bertz CT molecular complexity index is 1280. The summed E-state index contributed by atoms with van der Waals surface area (Å²) in [5.74, 6) is 1.13. The zero-order chi connectivity index (χ0) is 21.7. The van der Waals surface area contributed by atoms with Crippen LogP contribution >= 0.6 is 0 Å². The maximum absolute atomic E-state index is 4.85. The van der Waals surface area contributed by atoms with Crippen molar-refractivity contribution in [2.75, 3.05) is 31.1 Å². The first-order valence-electron chi connectivity index (χ1n) is 11.2. The number of quaternary nitrogens is 1. The first kappa shape index (κ1) is 19.9. The van der Waals surface area contributed by atoms with Crippen LogP contribution in [0.5, 0.6) is 0 Å². The van der Waals surface area contributed by atoms with E-state index in [1.807, 2.05) is 11.4 Å². The van der Waals surface area contributed by atoms with E-state index >= 15 is 0 Å². The first-order chi connectivity index (χ1) is 14.9. The number of nitrogens with zero attached hydrogens (tertiary/aromatic N) is 5. The number of piperazine rings is 1. The van der Waals surface area contributed by atoms with Crippen LogP contribution in [-0.2, 0) is 6.54 Å². The lowest BCUT2D eigenvalue weighted by atomic mass is 10.1. The average molecular weight is 416 g/mol. The molecule has 0 spiro atoms. The highest BCUT2D eigenvalue weighted by atomic mass is 15.4. The number of pyridine rings is 1. The van der Waals surface area contributed by atoms with Crippen LogP contribution in [0.2, 0.25) is 0 Å². The molecule has 5 rings (SSSR count). The minimum absolute atomic E-state index is 0.788. The zero-order valence-corrected chi connectivity index (χ0v) is 19.2. The number of hydrogen-bond acceptors (Lipinski definition) is 4. The van der Waals surface area contributed by atoms with Gasteiger partial charge < -0.3 is 9.80 Å². The Hall–Kier alpha value is -2.99. The van der Waals surface area contributed by atoms with Crippen LogP contribution in [0.25, 0.3) is 16.7 Å². The van der Waals surface area contributed by atoms with Gasteiger partial charge in [-0.15, -0.1) is 5.10 Å². The van der Waals surface area contributed by atoms with Gasteiger partial charge in [0.2, 0.25) is 0 Å². The summed E-state index contributed by atoms with van der Waals surface area (Å²) in [7, 11) is 0. The monoisotopic (exact) mass is 415 g/mol. The number of aryl methyl sites for hydroxylation is 5. The van der Waals surface area contributed by atoms with E-state index in [-0.39, 0.29) is 0 Å². The van der Waals surface area contributed by atoms with Crippen molar-refractivity contribution < 1.29 is 4.90 Å². The quantitative estimate of drug-likeness (QED) is 0.559. The Morgan fingerprint density at radius 2 is 1.61 bits per heavy atom. The zero-order valence-electron chi connectivity index (χ0n) is 19.2. The fourth-order valence-electron chi connectivity index (χ4n) is 4.89. The lowest BCUT2D eigenvalue weighted by Crippen LogP contribution is -3.13. The smallest absolute Gasteiger partial charge is 0.184 e. The summed E-state index contributed by atoms with van der Waals surface area (Å²) < 4.78 is 2.01. The van der Waals surface area contributed by atoms with Crippen LogP contribution in [0.3, 0.4) is 0 Å². The van der Waals surface area contributed by atoms with Gasteiger partial charge in [0.25, 0.3) is 0 Å². The molecule has 1 saturated heterocycles. The topological polar surface area (TPSA) is 50.8 Å². The lowest BCUT2D eigenvalue weighted by molar-refractivity contribution is -0.914. The summed E-state index contributed by atoms with van der Waals surface area (Å²) in [6.07, 6.45) is 0. The first-order valence-corrected chi connectivity index (χ1v) is 11.2. The Morgan fingerprint density at radius 3 is 2.35 bits per heavy atom. The van der Waals surface area contributed by atoms with Gasteiger partial charge in [0.15, 0.2) is 11.3 Å². The van der Waals surface area contributed by atoms with Crippen LogP contribution in [0.15, 0.2) is 30.3 Å². The third kappa shape index (κ3) is 3.65. The van der Waals surface area contributed by atoms with Gasteiger partial charge in [-0.25, -0.2) is 9.97 Å². The molecular formula is C25H31N6+. The standard InChI is InChI=1S/C25H30N6/c1-16-6-7-21(17(2)12-16)15-29-8-10-30(11-9-29)22-14-20(5)27-25-23-18(3)13-19(4)26-24(23)28-31(22)25/h6-7,12-14H,8-11,15H2,1-5H3/p+1. The number of fused-ring (bicyclic) bond motifs is 3. The van der Waals surface area contributed by atoms with Crippen LogP contribution in [0.1, 0.15) is 33.6 Å². The molecule has 4 heterocycles. The second-order valence-corrected chi connectivity index (χ2v) is 9.11. The summed E-state index contributed by atoms with van der Waals surface area (Å²) in [6.45, 7) is 16.0. The van der Waals surface area contributed by atoms with Gasteiger partial charge in [0.1, 0.15) is 12.4 Å². The minimum Gasteiger partial charge on any atom is -0.345 e. The van der Waals surface area contributed by atoms with Crippen molar-refractivity contribution in [1.29, 1.82) is 0 Å². The van der Waals surface area contributed by atoms with Crippen LogP contribution in [0, 0.1) is 34.6 Å². The van der Waals surface area contributed by atoms with Crippen LogP contribution in [-0.4, -0.2) is 45.8 Å². The summed E-state index contributed by atoms with van der Waals surface area (Å²) in [5.41, 5.74) is 9.11. The van der Waals surface area contributed by atoms with Gasteiger partial charge in [-0.2, -0.15) is 4.52 Å². The van der Waals surface area contributed by atoms with E-state index < -0.39 is 0 Å². The molecule has 0 bridgehead atoms. The van der Waals surface area contributed by atoms with Crippen molar-refractivity contribution >= 4 is 22.5 Å². The predicted octanol–water partition coefficient (Wildman–Crippen LogP) is 2.72. The molecule has 0 aliphatic carbocycles. The van der Waals surface area contributed by atoms with E-state index in [9.17, 15) is 0 Å². The molecule has 1 N–H and O–H groups in total. The Morgan fingerprint density at radius 1 is 0.871 bits per heavy atom. The SMILES string of the molecule is Cc1ccc(C[NH+]2CCN(c3cc(C)nc4c5c(C)cc(C)nc5nn34)CC2)c(C)c1. The van der Waals surface area contributed by atoms with Gasteiger partial charge in [0.05, 0.1) is 31.6 Å². The highest BCUT2D eigenvalue weighted by Gasteiger charge is 2.24. The van der Waals surface area contributed by atoms with Crippen LogP contribution < -0.4 is 9.80 Å². The van der Waals surface area contributed by atoms with E-state index in [0.717, 1.165) is 66.6 Å². The summed E-state index contributed by atoms with van der Waals surface area (Å²) >= 11 is 0. The molecule has 6 heteroatoms. The van der Waals surface area contributed by atoms with Gasteiger partial charge in [-0.3, -0.25) is 0 Å². The van der Waals surface area contributed by atoms with E-state index in [0.29, 0.717) is 0 Å². The molecule has 0 amide bonds. The summed E-state index contributed by atoms with van der Waals surface area (Å²) in [5, 5.41) is 5.92. The summed E-state index contributed by atoms with van der Waals surface area (Å²) in [4.78, 5) is 13.6. The molecule has 1 aromatic carbocycles. The molecule has 1 aliphatic rings. The second-order valence-electron chi connectivity index (χ2n) is 9.11. The minimum atomic E-state index is 0.788. The molecule has 160 valence electrons. The molecule has 0 unspecified atom stereocenters. The van der Waals surface area contributed by atoms with Gasteiger partial charge in [0, 0.05) is 23.0 Å². The Kier molecular flexibility index (Phi) is 4.89. The third-order valence-electron chi connectivity index (χ3n) is 6.51. The average Bonchev–Trinajstić information content (AvgIpc) is 3.08. The van der Waals surface area contributed by atoms with Crippen LogP contribution in [0.4, 0.5) is 5.82 Å². The van der Waals surface area contributed by atoms with Crippen molar-refractivity contribution in [2.24, 2.45) is 0 Å². The van der Waals surface area contributed by atoms with E-state index in [2.05, 4.69) is 67.9 Å². The Balaban J connectivity index is 1.42. The van der Waals surface area contributed by atoms with Crippen molar-refractivity contribution in [3.63, 3.8) is 0 Å². The molecule has 0 saturated carbocycles. The molecule has 4 aromatic rings. The molecule has 1 aliphatic heterocycles. The number of nitrogens with one attached hydrogen (secondary N) is 1. The fourth-order valence-corrected chi connectivity index (χ4v) is 4.89. The molecule has 1 fully saturated rings. The maximum Gasteiger partial charge on any atom is 0.184 e. The number of benzene rings is 1. The van der Waals surface area contributed by atoms with E-state index in [1.165, 1.54) is 22.3 Å². The molecule has 6 nitrogen and oxygen atoms in total. The van der Waals surface area contributed by atoms with E-state index in [4.69, 9.17) is 10.1 Å². The number of anilines is 1. The fraction of sp³-hybridized carbons (Fsp3) is 0.400. The normalized spacial score (nSPS) is 15.3. The third-order valence-corrected chi connectivity index (χ3v) is 6.51. The van der Waals surface area contributed by atoms with Crippen molar-refractivity contribution in [2.45, 2.75) is 41.2 Å². The second kappa shape index (κ2) is 7.61. The number of aromatic nitrogens is 4. The predicted molar refractivity (Wildman–Crippen MR) is 125 cm³/mol.